The van der Waals surface area contributed by atoms with Crippen LogP contribution in [0.2, 0.25) is 0 Å². The quantitative estimate of drug-likeness (QED) is 0.638. The molecule has 94 valence electrons. The molecule has 0 aliphatic heterocycles. The standard InChI is InChI=1S/C15H19N3/c1-11-5-6-13(8-12(11)2)9-15(18-16)14-4-3-7-17-10-14/h3-8,10,15,18H,9,16H2,1-2H3. The third kappa shape index (κ3) is 2.94. The summed E-state index contributed by atoms with van der Waals surface area (Å²) in [6.45, 7) is 4.26. The van der Waals surface area contributed by atoms with Gasteiger partial charge in [0.2, 0.25) is 0 Å². The van der Waals surface area contributed by atoms with Gasteiger partial charge in [0.15, 0.2) is 0 Å². The van der Waals surface area contributed by atoms with E-state index in [0.717, 1.165) is 12.0 Å². The summed E-state index contributed by atoms with van der Waals surface area (Å²) in [6.07, 6.45) is 4.49. The molecule has 0 saturated carbocycles. The lowest BCUT2D eigenvalue weighted by atomic mass is 9.98. The molecule has 1 aromatic carbocycles. The van der Waals surface area contributed by atoms with E-state index in [1.54, 1.807) is 6.20 Å². The average molecular weight is 241 g/mol. The molecular formula is C15H19N3. The number of pyridine rings is 1. The molecule has 0 bridgehead atoms. The van der Waals surface area contributed by atoms with Crippen molar-refractivity contribution in [2.75, 3.05) is 0 Å². The van der Waals surface area contributed by atoms with Crippen LogP contribution >= 0.6 is 0 Å². The van der Waals surface area contributed by atoms with Crippen LogP contribution in [0.25, 0.3) is 0 Å². The van der Waals surface area contributed by atoms with Crippen molar-refractivity contribution in [3.05, 3.63) is 65.0 Å². The van der Waals surface area contributed by atoms with E-state index in [1.807, 2.05) is 18.3 Å². The molecule has 0 radical (unpaired) electrons. The largest absolute Gasteiger partial charge is 0.271 e. The number of aromatic nitrogens is 1. The highest BCUT2D eigenvalue weighted by Gasteiger charge is 2.10. The summed E-state index contributed by atoms with van der Waals surface area (Å²) in [5, 5.41) is 0. The highest BCUT2D eigenvalue weighted by atomic mass is 15.2. The fourth-order valence-electron chi connectivity index (χ4n) is 2.02. The number of hydrazine groups is 1. The van der Waals surface area contributed by atoms with Crippen LogP contribution in [-0.4, -0.2) is 4.98 Å². The lowest BCUT2D eigenvalue weighted by molar-refractivity contribution is 0.550. The van der Waals surface area contributed by atoms with Crippen LogP contribution in [-0.2, 0) is 6.42 Å². The van der Waals surface area contributed by atoms with E-state index in [9.17, 15) is 0 Å². The van der Waals surface area contributed by atoms with E-state index in [0.29, 0.717) is 0 Å². The van der Waals surface area contributed by atoms with E-state index in [1.165, 1.54) is 16.7 Å². The van der Waals surface area contributed by atoms with E-state index >= 15 is 0 Å². The topological polar surface area (TPSA) is 50.9 Å². The van der Waals surface area contributed by atoms with Crippen molar-refractivity contribution < 1.29 is 0 Å². The summed E-state index contributed by atoms with van der Waals surface area (Å²) in [6, 6.07) is 10.6. The SMILES string of the molecule is Cc1ccc(CC(NN)c2cccnc2)cc1C. The maximum absolute atomic E-state index is 5.64. The second-order valence-corrected chi connectivity index (χ2v) is 4.63. The number of hydrogen-bond donors (Lipinski definition) is 2. The lowest BCUT2D eigenvalue weighted by Gasteiger charge is -2.16. The molecule has 0 aliphatic rings. The predicted molar refractivity (Wildman–Crippen MR) is 73.9 cm³/mol. The Hall–Kier alpha value is -1.71. The van der Waals surface area contributed by atoms with Gasteiger partial charge >= 0.3 is 0 Å². The third-order valence-corrected chi connectivity index (χ3v) is 3.30. The maximum atomic E-state index is 5.64. The molecule has 1 aromatic heterocycles. The van der Waals surface area contributed by atoms with Gasteiger partial charge in [0.1, 0.15) is 0 Å². The summed E-state index contributed by atoms with van der Waals surface area (Å²) < 4.78 is 0. The molecule has 3 heteroatoms. The molecule has 2 aromatic rings. The van der Waals surface area contributed by atoms with Gasteiger partial charge in [-0.2, -0.15) is 0 Å². The van der Waals surface area contributed by atoms with Gasteiger partial charge in [-0.15, -0.1) is 0 Å². The van der Waals surface area contributed by atoms with Crippen molar-refractivity contribution in [3.63, 3.8) is 0 Å². The number of nitrogens with two attached hydrogens (primary N) is 1. The van der Waals surface area contributed by atoms with Crippen LogP contribution in [0.4, 0.5) is 0 Å². The Morgan fingerprint density at radius 3 is 2.67 bits per heavy atom. The summed E-state index contributed by atoms with van der Waals surface area (Å²) >= 11 is 0. The van der Waals surface area contributed by atoms with Crippen molar-refractivity contribution in [1.82, 2.24) is 10.4 Å². The molecule has 3 N–H and O–H groups in total. The van der Waals surface area contributed by atoms with Crippen LogP contribution in [0, 0.1) is 13.8 Å². The Balaban J connectivity index is 2.18. The Kier molecular flexibility index (Phi) is 4.07. The van der Waals surface area contributed by atoms with E-state index < -0.39 is 0 Å². The summed E-state index contributed by atoms with van der Waals surface area (Å²) in [4.78, 5) is 4.13. The smallest absolute Gasteiger partial charge is 0.0515 e. The number of nitrogens with one attached hydrogen (secondary N) is 1. The van der Waals surface area contributed by atoms with Crippen LogP contribution < -0.4 is 11.3 Å². The normalized spacial score (nSPS) is 12.4. The minimum atomic E-state index is 0.0980. The number of benzene rings is 1. The minimum absolute atomic E-state index is 0.0980. The highest BCUT2D eigenvalue weighted by Crippen LogP contribution is 2.18. The number of rotatable bonds is 4. The molecule has 1 unspecified atom stereocenters. The van der Waals surface area contributed by atoms with E-state index in [4.69, 9.17) is 5.84 Å². The first kappa shape index (κ1) is 12.7. The molecule has 18 heavy (non-hydrogen) atoms. The van der Waals surface area contributed by atoms with Crippen molar-refractivity contribution in [2.45, 2.75) is 26.3 Å². The number of aryl methyl sites for hydroxylation is 2. The van der Waals surface area contributed by atoms with Crippen LogP contribution in [0.15, 0.2) is 42.7 Å². The molecule has 0 amide bonds. The fraction of sp³-hybridized carbons (Fsp3) is 0.267. The van der Waals surface area contributed by atoms with Crippen LogP contribution in [0.5, 0.6) is 0 Å². The second-order valence-electron chi connectivity index (χ2n) is 4.63. The molecule has 0 saturated heterocycles. The Labute approximate surface area is 108 Å². The van der Waals surface area contributed by atoms with Gasteiger partial charge in [0.05, 0.1) is 6.04 Å². The van der Waals surface area contributed by atoms with Crippen molar-refractivity contribution >= 4 is 0 Å². The average Bonchev–Trinajstić information content (AvgIpc) is 2.41. The van der Waals surface area contributed by atoms with Crippen molar-refractivity contribution in [3.8, 4) is 0 Å². The summed E-state index contributed by atoms with van der Waals surface area (Å²) in [5.41, 5.74) is 7.88. The number of hydrogen-bond acceptors (Lipinski definition) is 3. The molecule has 1 atom stereocenters. The van der Waals surface area contributed by atoms with Gasteiger partial charge in [-0.1, -0.05) is 24.3 Å². The highest BCUT2D eigenvalue weighted by molar-refractivity contribution is 5.31. The van der Waals surface area contributed by atoms with Crippen LogP contribution in [0.3, 0.4) is 0 Å². The zero-order valence-electron chi connectivity index (χ0n) is 10.9. The zero-order valence-corrected chi connectivity index (χ0v) is 10.9. The zero-order chi connectivity index (χ0) is 13.0. The monoisotopic (exact) mass is 241 g/mol. The predicted octanol–water partition coefficient (Wildman–Crippen LogP) is 2.45. The van der Waals surface area contributed by atoms with Gasteiger partial charge in [0, 0.05) is 12.4 Å². The third-order valence-electron chi connectivity index (χ3n) is 3.30. The second kappa shape index (κ2) is 5.76. The van der Waals surface area contributed by atoms with Gasteiger partial charge < -0.3 is 0 Å². The van der Waals surface area contributed by atoms with Crippen molar-refractivity contribution in [1.29, 1.82) is 0 Å². The molecule has 0 spiro atoms. The Bertz CT molecular complexity index is 508. The Morgan fingerprint density at radius 2 is 2.06 bits per heavy atom. The summed E-state index contributed by atoms with van der Waals surface area (Å²) in [7, 11) is 0. The van der Waals surface area contributed by atoms with E-state index in [-0.39, 0.29) is 6.04 Å². The van der Waals surface area contributed by atoms with Gasteiger partial charge in [-0.3, -0.25) is 16.3 Å². The minimum Gasteiger partial charge on any atom is -0.271 e. The molecule has 3 nitrogen and oxygen atoms in total. The lowest BCUT2D eigenvalue weighted by Crippen LogP contribution is -2.29. The first-order valence-corrected chi connectivity index (χ1v) is 6.13. The van der Waals surface area contributed by atoms with E-state index in [2.05, 4.69) is 42.5 Å². The van der Waals surface area contributed by atoms with Crippen molar-refractivity contribution in [2.24, 2.45) is 5.84 Å². The molecule has 1 heterocycles. The maximum Gasteiger partial charge on any atom is 0.0515 e. The Morgan fingerprint density at radius 1 is 1.22 bits per heavy atom. The van der Waals surface area contributed by atoms with Gasteiger partial charge in [-0.25, -0.2) is 0 Å². The van der Waals surface area contributed by atoms with Gasteiger partial charge in [-0.05, 0) is 48.6 Å². The molecule has 0 aliphatic carbocycles. The number of nitrogens with zero attached hydrogens (tertiary/aromatic N) is 1. The first-order chi connectivity index (χ1) is 8.70. The fourth-order valence-corrected chi connectivity index (χ4v) is 2.02. The molecular weight excluding hydrogens is 222 g/mol. The summed E-state index contributed by atoms with van der Waals surface area (Å²) in [5.74, 6) is 5.64. The van der Waals surface area contributed by atoms with Gasteiger partial charge in [0.25, 0.3) is 0 Å². The van der Waals surface area contributed by atoms with Crippen LogP contribution in [0.1, 0.15) is 28.3 Å². The molecule has 0 fully saturated rings. The first-order valence-electron chi connectivity index (χ1n) is 6.13. The molecule has 2 rings (SSSR count).